The van der Waals surface area contributed by atoms with E-state index >= 15 is 0 Å². The highest BCUT2D eigenvalue weighted by Crippen LogP contribution is 2.47. The zero-order valence-electron chi connectivity index (χ0n) is 23.1. The topological polar surface area (TPSA) is 71.4 Å². The van der Waals surface area contributed by atoms with Gasteiger partial charge in [-0.15, -0.1) is 22.7 Å². The van der Waals surface area contributed by atoms with Crippen LogP contribution >= 0.6 is 22.7 Å². The van der Waals surface area contributed by atoms with Crippen molar-refractivity contribution in [2.24, 2.45) is 0 Å². The maximum Gasteiger partial charge on any atom is 0.100 e. The van der Waals surface area contributed by atoms with Crippen molar-refractivity contribution in [3.63, 3.8) is 0 Å². The van der Waals surface area contributed by atoms with Crippen molar-refractivity contribution in [2.75, 3.05) is 0 Å². The predicted octanol–water partition coefficient (Wildman–Crippen LogP) is 11.0. The van der Waals surface area contributed by atoms with Crippen molar-refractivity contribution in [3.8, 4) is 51.6 Å². The fraction of sp³-hybridized carbons (Fsp3) is 0. The van der Waals surface area contributed by atoms with Gasteiger partial charge in [-0.3, -0.25) is 0 Å². The molecule has 3 nitrogen and oxygen atoms in total. The second-order valence-electron chi connectivity index (χ2n) is 10.6. The van der Waals surface area contributed by atoms with Crippen LogP contribution in [-0.4, -0.2) is 0 Å². The number of nitriles is 3. The highest BCUT2D eigenvalue weighted by molar-refractivity contribution is 7.26. The molecule has 0 bridgehead atoms. The first-order valence-electron chi connectivity index (χ1n) is 14.0. The highest BCUT2D eigenvalue weighted by Gasteiger charge is 2.22. The van der Waals surface area contributed by atoms with Crippen LogP contribution in [0.1, 0.15) is 16.7 Å². The monoisotopic (exact) mass is 593 g/mol. The second-order valence-corrected chi connectivity index (χ2v) is 12.7. The Morgan fingerprint density at radius 1 is 0.432 bits per heavy atom. The molecule has 202 valence electrons. The van der Waals surface area contributed by atoms with E-state index in [0.29, 0.717) is 22.3 Å². The van der Waals surface area contributed by atoms with Crippen LogP contribution in [0.3, 0.4) is 0 Å². The molecule has 0 aliphatic heterocycles. The van der Waals surface area contributed by atoms with Crippen LogP contribution in [-0.2, 0) is 0 Å². The van der Waals surface area contributed by atoms with Crippen molar-refractivity contribution in [1.29, 1.82) is 15.8 Å². The zero-order chi connectivity index (χ0) is 29.8. The van der Waals surface area contributed by atoms with E-state index in [1.165, 1.54) is 20.2 Å². The SMILES string of the molecule is N#Cc1cccc(C#N)c1-c1cc(-c2cccc3c2sc2ccccc23)c(C#N)c(-c2cccc3c2sc2ccccc23)c1. The molecule has 8 aromatic rings. The van der Waals surface area contributed by atoms with Gasteiger partial charge in [-0.25, -0.2) is 0 Å². The number of nitrogens with zero attached hydrogens (tertiary/aromatic N) is 3. The van der Waals surface area contributed by atoms with Crippen molar-refractivity contribution in [1.82, 2.24) is 0 Å². The molecule has 6 aromatic carbocycles. The third kappa shape index (κ3) is 3.84. The smallest absolute Gasteiger partial charge is 0.100 e. The van der Waals surface area contributed by atoms with E-state index in [4.69, 9.17) is 0 Å². The highest BCUT2D eigenvalue weighted by atomic mass is 32.1. The quantitative estimate of drug-likeness (QED) is 0.205. The van der Waals surface area contributed by atoms with Crippen LogP contribution in [0, 0.1) is 34.0 Å². The Morgan fingerprint density at radius 2 is 0.886 bits per heavy atom. The third-order valence-corrected chi connectivity index (χ3v) is 10.7. The number of thiophene rings is 2. The molecule has 5 heteroatoms. The molecule has 2 heterocycles. The minimum atomic E-state index is 0.422. The Labute approximate surface area is 261 Å². The van der Waals surface area contributed by atoms with Crippen molar-refractivity contribution < 1.29 is 0 Å². The summed E-state index contributed by atoms with van der Waals surface area (Å²) in [6, 6.07) is 45.6. The molecule has 44 heavy (non-hydrogen) atoms. The molecule has 0 saturated carbocycles. The van der Waals surface area contributed by atoms with Crippen LogP contribution in [0.25, 0.3) is 73.7 Å². The molecule has 0 saturated heterocycles. The van der Waals surface area contributed by atoms with E-state index in [1.807, 2.05) is 36.4 Å². The van der Waals surface area contributed by atoms with E-state index in [-0.39, 0.29) is 0 Å². The third-order valence-electron chi connectivity index (χ3n) is 8.23. The molecule has 0 N–H and O–H groups in total. The number of fused-ring (bicyclic) bond motifs is 6. The van der Waals surface area contributed by atoms with Gasteiger partial charge in [0.25, 0.3) is 0 Å². The maximum absolute atomic E-state index is 10.9. The molecule has 2 aromatic heterocycles. The van der Waals surface area contributed by atoms with Crippen LogP contribution in [0.15, 0.2) is 115 Å². The number of hydrogen-bond donors (Lipinski definition) is 0. The largest absolute Gasteiger partial charge is 0.192 e. The fourth-order valence-corrected chi connectivity index (χ4v) is 8.76. The van der Waals surface area contributed by atoms with Crippen LogP contribution in [0.2, 0.25) is 0 Å². The normalized spacial score (nSPS) is 11.1. The lowest BCUT2D eigenvalue weighted by Gasteiger charge is -2.16. The molecule has 0 fully saturated rings. The predicted molar refractivity (Wildman–Crippen MR) is 183 cm³/mol. The molecule has 8 rings (SSSR count). The van der Waals surface area contributed by atoms with Gasteiger partial charge in [-0.2, -0.15) is 15.8 Å². The summed E-state index contributed by atoms with van der Waals surface area (Å²) in [6.07, 6.45) is 0. The maximum atomic E-state index is 10.9. The standard InChI is InChI=1S/C39H19N3S2/c40-20-23-8-5-9-24(21-41)37(23)25-18-32(30-14-6-12-28-26-10-1-3-16-35(26)43-38(28)30)34(22-42)33(19-25)31-15-7-13-29-27-11-2-4-17-36(27)44-39(29)31/h1-19H. The summed E-state index contributed by atoms with van der Waals surface area (Å²) in [5, 5.41) is 35.7. The zero-order valence-corrected chi connectivity index (χ0v) is 24.8. The lowest BCUT2D eigenvalue weighted by Crippen LogP contribution is -1.96. The summed E-state index contributed by atoms with van der Waals surface area (Å²) in [6.45, 7) is 0. The Morgan fingerprint density at radius 3 is 1.36 bits per heavy atom. The van der Waals surface area contributed by atoms with Crippen LogP contribution in [0.4, 0.5) is 0 Å². The van der Waals surface area contributed by atoms with Crippen molar-refractivity contribution >= 4 is 63.0 Å². The second kappa shape index (κ2) is 10.2. The Kier molecular flexibility index (Phi) is 6.00. The van der Waals surface area contributed by atoms with Gasteiger partial charge in [0.05, 0.1) is 28.8 Å². The van der Waals surface area contributed by atoms with E-state index in [1.54, 1.807) is 40.9 Å². The van der Waals surface area contributed by atoms with E-state index in [2.05, 4.69) is 78.9 Å². The van der Waals surface area contributed by atoms with Gasteiger partial charge < -0.3 is 0 Å². The van der Waals surface area contributed by atoms with Crippen LogP contribution in [0.5, 0.6) is 0 Å². The van der Waals surface area contributed by atoms with Gasteiger partial charge in [-0.1, -0.05) is 78.9 Å². The molecule has 0 radical (unpaired) electrons. The number of benzene rings is 6. The Bertz CT molecular complexity index is 2430. The van der Waals surface area contributed by atoms with Gasteiger partial charge in [0.15, 0.2) is 0 Å². The molecule has 0 unspecified atom stereocenters. The van der Waals surface area contributed by atoms with Gasteiger partial charge in [-0.05, 0) is 42.0 Å². The minimum absolute atomic E-state index is 0.422. The summed E-state index contributed by atoms with van der Waals surface area (Å²) in [7, 11) is 0. The minimum Gasteiger partial charge on any atom is -0.192 e. The Balaban J connectivity index is 1.53. The molecule has 0 spiro atoms. The van der Waals surface area contributed by atoms with Gasteiger partial charge in [0, 0.05) is 68.2 Å². The average molecular weight is 594 g/mol. The summed E-state index contributed by atoms with van der Waals surface area (Å²) in [5.41, 5.74) is 6.21. The van der Waals surface area contributed by atoms with E-state index in [0.717, 1.165) is 48.0 Å². The van der Waals surface area contributed by atoms with Crippen molar-refractivity contribution in [3.05, 3.63) is 132 Å². The number of hydrogen-bond acceptors (Lipinski definition) is 5. The molecule has 0 aliphatic carbocycles. The van der Waals surface area contributed by atoms with Gasteiger partial charge >= 0.3 is 0 Å². The first-order valence-corrected chi connectivity index (χ1v) is 15.7. The number of rotatable bonds is 3. The van der Waals surface area contributed by atoms with Crippen LogP contribution < -0.4 is 0 Å². The van der Waals surface area contributed by atoms with Crippen molar-refractivity contribution in [2.45, 2.75) is 0 Å². The molecular weight excluding hydrogens is 575 g/mol. The average Bonchev–Trinajstić information content (AvgIpc) is 3.66. The summed E-state index contributed by atoms with van der Waals surface area (Å²) in [5.74, 6) is 0. The Hall–Kier alpha value is -5.77. The molecule has 0 atom stereocenters. The van der Waals surface area contributed by atoms with Gasteiger partial charge in [0.2, 0.25) is 0 Å². The van der Waals surface area contributed by atoms with E-state index in [9.17, 15) is 15.8 Å². The summed E-state index contributed by atoms with van der Waals surface area (Å²) >= 11 is 3.43. The molecule has 0 amide bonds. The lowest BCUT2D eigenvalue weighted by molar-refractivity contribution is 1.43. The summed E-state index contributed by atoms with van der Waals surface area (Å²) < 4.78 is 4.56. The lowest BCUT2D eigenvalue weighted by atomic mass is 9.85. The van der Waals surface area contributed by atoms with E-state index < -0.39 is 0 Å². The summed E-state index contributed by atoms with van der Waals surface area (Å²) in [4.78, 5) is 0. The fourth-order valence-electron chi connectivity index (χ4n) is 6.30. The molecule has 0 aliphatic rings. The first-order chi connectivity index (χ1) is 21.7. The molecular formula is C39H19N3S2. The van der Waals surface area contributed by atoms with Gasteiger partial charge in [0.1, 0.15) is 6.07 Å². The first kappa shape index (κ1) is 25.9.